The molecule has 2 aromatic carbocycles. The van der Waals surface area contributed by atoms with E-state index in [9.17, 15) is 13.6 Å². The van der Waals surface area contributed by atoms with Crippen LogP contribution < -0.4 is 10.2 Å². The fraction of sp³-hybridized carbons (Fsp3) is 0.360. The van der Waals surface area contributed by atoms with Gasteiger partial charge in [-0.3, -0.25) is 9.78 Å². The Kier molecular flexibility index (Phi) is 4.89. The summed E-state index contributed by atoms with van der Waals surface area (Å²) in [6.45, 7) is 3.80. The molecule has 2 heterocycles. The Hall–Kier alpha value is -3.06. The summed E-state index contributed by atoms with van der Waals surface area (Å²) in [5.74, 6) is -2.04. The lowest BCUT2D eigenvalue weighted by Crippen LogP contribution is -2.57. The summed E-state index contributed by atoms with van der Waals surface area (Å²) in [4.78, 5) is 21.8. The van der Waals surface area contributed by atoms with Gasteiger partial charge in [0, 0.05) is 42.0 Å². The summed E-state index contributed by atoms with van der Waals surface area (Å²) < 4.78 is 28.0. The van der Waals surface area contributed by atoms with E-state index in [-0.39, 0.29) is 11.4 Å². The number of amides is 1. The zero-order valence-electron chi connectivity index (χ0n) is 18.5. The van der Waals surface area contributed by atoms with E-state index in [0.717, 1.165) is 48.8 Å². The van der Waals surface area contributed by atoms with Gasteiger partial charge in [-0.2, -0.15) is 0 Å². The number of nitrogens with zero attached hydrogens (tertiary/aromatic N) is 3. The molecular weight excluding hydrogens is 410 g/mol. The van der Waals surface area contributed by atoms with E-state index >= 15 is 0 Å². The molecule has 2 fully saturated rings. The number of anilines is 1. The van der Waals surface area contributed by atoms with E-state index in [1.54, 1.807) is 12.1 Å². The number of aryl methyl sites for hydroxylation is 1. The number of rotatable bonds is 5. The molecule has 3 aromatic rings. The molecule has 0 unspecified atom stereocenters. The van der Waals surface area contributed by atoms with Gasteiger partial charge in [0.05, 0.1) is 5.54 Å². The van der Waals surface area contributed by atoms with Gasteiger partial charge < -0.3 is 15.1 Å². The van der Waals surface area contributed by atoms with Gasteiger partial charge in [0.25, 0.3) is 5.91 Å². The largest absolute Gasteiger partial charge is 0.368 e. The highest BCUT2D eigenvalue weighted by Crippen LogP contribution is 2.48. The van der Waals surface area contributed by atoms with E-state index in [2.05, 4.69) is 40.3 Å². The molecule has 1 aliphatic heterocycles. The van der Waals surface area contributed by atoms with Gasteiger partial charge in [0.2, 0.25) is 0 Å². The van der Waals surface area contributed by atoms with Crippen LogP contribution in [0.2, 0.25) is 0 Å². The summed E-state index contributed by atoms with van der Waals surface area (Å²) in [5, 5.41) is 3.72. The Morgan fingerprint density at radius 3 is 2.59 bits per heavy atom. The second kappa shape index (κ2) is 7.52. The van der Waals surface area contributed by atoms with Crippen molar-refractivity contribution in [3.05, 3.63) is 70.9 Å². The van der Waals surface area contributed by atoms with E-state index in [1.165, 1.54) is 6.20 Å². The highest BCUT2D eigenvalue weighted by molar-refractivity contribution is 5.98. The SMILES string of the molecule is Cc1ccc(N2CC(N(C)C)C2)cc1C(=O)NC1(c2ccnc3c(F)c(F)ccc23)CC1. The maximum absolute atomic E-state index is 14.3. The Morgan fingerprint density at radius 2 is 1.91 bits per heavy atom. The molecule has 7 heteroatoms. The number of halogens is 2. The standard InChI is InChI=1S/C25H26F2N4O/c1-15-4-5-16(31-13-17(14-31)30(2)3)12-19(15)24(32)29-25(9-10-25)20-8-11-28-23-18(20)6-7-21(26)22(23)27/h4-8,11-12,17H,9-10,13-14H2,1-3H3,(H,29,32). The lowest BCUT2D eigenvalue weighted by Gasteiger charge is -2.44. The third kappa shape index (κ3) is 3.41. The molecule has 0 spiro atoms. The lowest BCUT2D eigenvalue weighted by molar-refractivity contribution is 0.0930. The lowest BCUT2D eigenvalue weighted by atomic mass is 9.98. The molecule has 1 saturated carbocycles. The van der Waals surface area contributed by atoms with E-state index in [4.69, 9.17) is 0 Å². The Balaban J connectivity index is 1.42. The average Bonchev–Trinajstić information content (AvgIpc) is 3.50. The van der Waals surface area contributed by atoms with Gasteiger partial charge in [-0.15, -0.1) is 0 Å². The molecule has 1 N–H and O–H groups in total. The van der Waals surface area contributed by atoms with Crippen molar-refractivity contribution in [3.8, 4) is 0 Å². The first-order chi connectivity index (χ1) is 15.3. The van der Waals surface area contributed by atoms with Crippen molar-refractivity contribution in [3.63, 3.8) is 0 Å². The minimum absolute atomic E-state index is 0.00516. The van der Waals surface area contributed by atoms with Crippen LogP contribution in [-0.4, -0.2) is 49.0 Å². The van der Waals surface area contributed by atoms with Crippen LogP contribution in [0, 0.1) is 18.6 Å². The number of aromatic nitrogens is 1. The van der Waals surface area contributed by atoms with Crippen LogP contribution in [0.3, 0.4) is 0 Å². The molecule has 32 heavy (non-hydrogen) atoms. The number of benzene rings is 2. The van der Waals surface area contributed by atoms with E-state index < -0.39 is 17.2 Å². The third-order valence-electron chi connectivity index (χ3n) is 6.85. The Morgan fingerprint density at radius 1 is 1.16 bits per heavy atom. The van der Waals surface area contributed by atoms with Crippen LogP contribution in [0.4, 0.5) is 14.5 Å². The molecule has 0 bridgehead atoms. The van der Waals surface area contributed by atoms with Crippen LogP contribution in [0.15, 0.2) is 42.6 Å². The minimum atomic E-state index is -0.958. The zero-order valence-corrected chi connectivity index (χ0v) is 18.5. The molecule has 1 saturated heterocycles. The van der Waals surface area contributed by atoms with Crippen molar-refractivity contribution in [2.45, 2.75) is 31.3 Å². The summed E-state index contributed by atoms with van der Waals surface area (Å²) in [6, 6.07) is 10.9. The second-order valence-electron chi connectivity index (χ2n) is 9.17. The number of hydrogen-bond donors (Lipinski definition) is 1. The Bertz CT molecular complexity index is 1220. The van der Waals surface area contributed by atoms with Crippen molar-refractivity contribution in [1.82, 2.24) is 15.2 Å². The van der Waals surface area contributed by atoms with Gasteiger partial charge in [0.15, 0.2) is 11.6 Å². The average molecular weight is 437 g/mol. The number of fused-ring (bicyclic) bond motifs is 1. The fourth-order valence-corrected chi connectivity index (χ4v) is 4.49. The van der Waals surface area contributed by atoms with Crippen molar-refractivity contribution in [2.75, 3.05) is 32.1 Å². The summed E-state index contributed by atoms with van der Waals surface area (Å²) in [5.41, 5.74) is 2.76. The monoisotopic (exact) mass is 436 g/mol. The van der Waals surface area contributed by atoms with Crippen molar-refractivity contribution >= 4 is 22.5 Å². The maximum atomic E-state index is 14.3. The number of hydrogen-bond acceptors (Lipinski definition) is 4. The number of nitrogens with one attached hydrogen (secondary N) is 1. The number of pyridine rings is 1. The predicted molar refractivity (Wildman–Crippen MR) is 121 cm³/mol. The van der Waals surface area contributed by atoms with Gasteiger partial charge in [-0.1, -0.05) is 6.07 Å². The summed E-state index contributed by atoms with van der Waals surface area (Å²) >= 11 is 0. The second-order valence-corrected chi connectivity index (χ2v) is 9.17. The molecular formula is C25H26F2N4O. The first kappa shape index (κ1) is 20.8. The van der Waals surface area contributed by atoms with Crippen LogP contribution >= 0.6 is 0 Å². The first-order valence-corrected chi connectivity index (χ1v) is 10.9. The number of carbonyl (C=O) groups excluding carboxylic acids is 1. The van der Waals surface area contributed by atoms with Crippen LogP contribution in [-0.2, 0) is 5.54 Å². The topological polar surface area (TPSA) is 48.5 Å². The highest BCUT2D eigenvalue weighted by atomic mass is 19.2. The number of likely N-dealkylation sites (N-methyl/N-ethyl adjacent to an activating group) is 1. The van der Waals surface area contributed by atoms with Gasteiger partial charge in [-0.25, -0.2) is 8.78 Å². The van der Waals surface area contributed by atoms with Crippen molar-refractivity contribution < 1.29 is 13.6 Å². The molecule has 1 aliphatic carbocycles. The molecule has 5 rings (SSSR count). The van der Waals surface area contributed by atoms with Crippen molar-refractivity contribution in [1.29, 1.82) is 0 Å². The maximum Gasteiger partial charge on any atom is 0.252 e. The van der Waals surface area contributed by atoms with E-state index in [1.807, 2.05) is 19.1 Å². The molecule has 1 aromatic heterocycles. The van der Waals surface area contributed by atoms with Crippen LogP contribution in [0.25, 0.3) is 10.9 Å². The quantitative estimate of drug-likeness (QED) is 0.657. The van der Waals surface area contributed by atoms with Gasteiger partial charge >= 0.3 is 0 Å². The third-order valence-corrected chi connectivity index (χ3v) is 6.85. The predicted octanol–water partition coefficient (Wildman–Crippen LogP) is 3.99. The van der Waals surface area contributed by atoms with Crippen molar-refractivity contribution in [2.24, 2.45) is 0 Å². The first-order valence-electron chi connectivity index (χ1n) is 10.9. The summed E-state index contributed by atoms with van der Waals surface area (Å²) in [6.07, 6.45) is 2.96. The zero-order chi connectivity index (χ0) is 22.6. The van der Waals surface area contributed by atoms with Crippen LogP contribution in [0.1, 0.15) is 34.3 Å². The normalized spacial score (nSPS) is 17.5. The van der Waals surface area contributed by atoms with Gasteiger partial charge in [0.1, 0.15) is 5.52 Å². The fourth-order valence-electron chi connectivity index (χ4n) is 4.49. The molecule has 0 radical (unpaired) electrons. The molecule has 5 nitrogen and oxygen atoms in total. The molecule has 166 valence electrons. The summed E-state index contributed by atoms with van der Waals surface area (Å²) in [7, 11) is 4.16. The Labute approximate surface area is 186 Å². The molecule has 2 aliphatic rings. The smallest absolute Gasteiger partial charge is 0.252 e. The van der Waals surface area contributed by atoms with E-state index in [0.29, 0.717) is 17.0 Å². The minimum Gasteiger partial charge on any atom is -0.368 e. The van der Waals surface area contributed by atoms with Gasteiger partial charge in [-0.05, 0) is 75.3 Å². The highest BCUT2D eigenvalue weighted by Gasteiger charge is 2.47. The molecule has 1 amide bonds. The van der Waals surface area contributed by atoms with Crippen LogP contribution in [0.5, 0.6) is 0 Å². The number of carbonyl (C=O) groups is 1. The molecule has 0 atom stereocenters.